The van der Waals surface area contributed by atoms with E-state index in [-0.39, 0.29) is 12.3 Å². The number of thioether (sulfide) groups is 1. The molecule has 110 valence electrons. The molecule has 0 saturated heterocycles. The number of ether oxygens (including phenoxy) is 1. The lowest BCUT2D eigenvalue weighted by Gasteiger charge is -2.11. The number of rotatable bonds is 5. The molecule has 0 aliphatic rings. The molecule has 0 radical (unpaired) electrons. The summed E-state index contributed by atoms with van der Waals surface area (Å²) in [6, 6.07) is 9.87. The van der Waals surface area contributed by atoms with Crippen LogP contribution in [0.5, 0.6) is 11.5 Å². The molecule has 6 heteroatoms. The molecule has 0 amide bonds. The Labute approximate surface area is 126 Å². The zero-order valence-corrected chi connectivity index (χ0v) is 12.5. The van der Waals surface area contributed by atoms with Crippen LogP contribution in [0, 0.1) is 17.0 Å². The molecule has 0 fully saturated rings. The fourth-order valence-corrected chi connectivity index (χ4v) is 2.53. The maximum Gasteiger partial charge on any atom is 0.270 e. The average Bonchev–Trinajstić information content (AvgIpc) is 2.47. The van der Waals surface area contributed by atoms with Crippen LogP contribution in [0.25, 0.3) is 0 Å². The van der Waals surface area contributed by atoms with E-state index >= 15 is 0 Å². The fourth-order valence-electron chi connectivity index (χ4n) is 1.94. The van der Waals surface area contributed by atoms with Crippen LogP contribution < -0.4 is 4.74 Å². The lowest BCUT2D eigenvalue weighted by molar-refractivity contribution is -0.385. The average molecular weight is 305 g/mol. The van der Waals surface area contributed by atoms with Gasteiger partial charge in [0.1, 0.15) is 11.5 Å². The minimum atomic E-state index is -0.500. The van der Waals surface area contributed by atoms with Gasteiger partial charge in [-0.2, -0.15) is 0 Å². The number of nitro groups is 1. The number of benzene rings is 2. The lowest BCUT2D eigenvalue weighted by atomic mass is 10.2. The van der Waals surface area contributed by atoms with Gasteiger partial charge in [0.2, 0.25) is 0 Å². The second kappa shape index (κ2) is 6.60. The van der Waals surface area contributed by atoms with Gasteiger partial charge in [-0.15, -0.1) is 11.8 Å². The summed E-state index contributed by atoms with van der Waals surface area (Å²) in [5.41, 5.74) is 1.41. The van der Waals surface area contributed by atoms with Gasteiger partial charge in [0.25, 0.3) is 5.69 Å². The number of aliphatic hydroxyl groups excluding tert-OH is 1. The van der Waals surface area contributed by atoms with Crippen LogP contribution in [0.4, 0.5) is 5.69 Å². The van der Waals surface area contributed by atoms with E-state index in [2.05, 4.69) is 0 Å². The Morgan fingerprint density at radius 2 is 2.05 bits per heavy atom. The molecule has 2 rings (SSSR count). The molecule has 2 aromatic carbocycles. The molecule has 0 atom stereocenters. The van der Waals surface area contributed by atoms with Gasteiger partial charge >= 0.3 is 0 Å². The topological polar surface area (TPSA) is 72.6 Å². The third-order valence-corrected chi connectivity index (χ3v) is 3.92. The zero-order valence-electron chi connectivity index (χ0n) is 11.7. The number of nitrogens with zero attached hydrogens (tertiary/aromatic N) is 1. The zero-order chi connectivity index (χ0) is 15.4. The summed E-state index contributed by atoms with van der Waals surface area (Å²) in [6.45, 7) is 1.67. The molecule has 21 heavy (non-hydrogen) atoms. The van der Waals surface area contributed by atoms with E-state index in [9.17, 15) is 15.2 Å². The van der Waals surface area contributed by atoms with Crippen molar-refractivity contribution < 1.29 is 14.8 Å². The largest absolute Gasteiger partial charge is 0.457 e. The SMILES string of the molecule is CSc1ccc(Oc2ccc([N+](=O)[O-])cc2CO)cc1C. The summed E-state index contributed by atoms with van der Waals surface area (Å²) in [5, 5.41) is 20.1. The van der Waals surface area contributed by atoms with Crippen molar-refractivity contribution in [3.05, 3.63) is 57.6 Å². The standard InChI is InChI=1S/C15H15NO4S/c1-10-7-13(4-6-15(10)21-2)20-14-5-3-12(16(18)19)8-11(14)9-17/h3-8,17H,9H2,1-2H3. The van der Waals surface area contributed by atoms with Gasteiger partial charge in [0.05, 0.1) is 11.5 Å². The summed E-state index contributed by atoms with van der Waals surface area (Å²) in [6.07, 6.45) is 2.00. The number of aryl methyl sites for hydroxylation is 1. The van der Waals surface area contributed by atoms with Crippen molar-refractivity contribution in [2.75, 3.05) is 6.26 Å². The van der Waals surface area contributed by atoms with Gasteiger partial charge in [0.15, 0.2) is 0 Å². The quantitative estimate of drug-likeness (QED) is 0.515. The highest BCUT2D eigenvalue weighted by Crippen LogP contribution is 2.31. The first-order chi connectivity index (χ1) is 10.0. The Hall–Kier alpha value is -2.05. The summed E-state index contributed by atoms with van der Waals surface area (Å²) >= 11 is 1.65. The van der Waals surface area contributed by atoms with E-state index in [1.807, 2.05) is 31.4 Å². The monoisotopic (exact) mass is 305 g/mol. The number of hydrogen-bond donors (Lipinski definition) is 1. The molecule has 2 aromatic rings. The molecule has 0 aliphatic heterocycles. The fraction of sp³-hybridized carbons (Fsp3) is 0.200. The molecular weight excluding hydrogens is 290 g/mol. The van der Waals surface area contributed by atoms with Crippen molar-refractivity contribution >= 4 is 17.4 Å². The van der Waals surface area contributed by atoms with E-state index in [4.69, 9.17) is 4.74 Å². The minimum Gasteiger partial charge on any atom is -0.457 e. The normalized spacial score (nSPS) is 10.4. The third kappa shape index (κ3) is 3.53. The Bertz CT molecular complexity index is 673. The number of non-ortho nitro benzene ring substituents is 1. The van der Waals surface area contributed by atoms with Crippen LogP contribution in [0.3, 0.4) is 0 Å². The molecular formula is C15H15NO4S. The molecule has 0 unspecified atom stereocenters. The van der Waals surface area contributed by atoms with Gasteiger partial charge in [-0.3, -0.25) is 10.1 Å². The van der Waals surface area contributed by atoms with Gasteiger partial charge < -0.3 is 9.84 Å². The highest BCUT2D eigenvalue weighted by atomic mass is 32.2. The maximum atomic E-state index is 10.7. The van der Waals surface area contributed by atoms with Crippen molar-refractivity contribution in [2.45, 2.75) is 18.4 Å². The van der Waals surface area contributed by atoms with Crippen molar-refractivity contribution in [3.8, 4) is 11.5 Å². The van der Waals surface area contributed by atoms with E-state index in [0.717, 1.165) is 10.5 Å². The summed E-state index contributed by atoms with van der Waals surface area (Å²) in [7, 11) is 0. The first-order valence-electron chi connectivity index (χ1n) is 6.26. The van der Waals surface area contributed by atoms with Crippen molar-refractivity contribution in [1.29, 1.82) is 0 Å². The van der Waals surface area contributed by atoms with E-state index in [0.29, 0.717) is 17.1 Å². The van der Waals surface area contributed by atoms with Crippen LogP contribution in [-0.2, 0) is 6.61 Å². The van der Waals surface area contributed by atoms with Gasteiger partial charge in [-0.25, -0.2) is 0 Å². The first kappa shape index (κ1) is 15.3. The molecule has 0 bridgehead atoms. The van der Waals surface area contributed by atoms with E-state index < -0.39 is 4.92 Å². The summed E-state index contributed by atoms with van der Waals surface area (Å²) in [5.74, 6) is 1.05. The van der Waals surface area contributed by atoms with Crippen molar-refractivity contribution in [2.24, 2.45) is 0 Å². The van der Waals surface area contributed by atoms with Crippen molar-refractivity contribution in [1.82, 2.24) is 0 Å². The lowest BCUT2D eigenvalue weighted by Crippen LogP contribution is -1.95. The predicted octanol–water partition coefficient (Wildman–Crippen LogP) is 3.91. The number of aliphatic hydroxyl groups is 1. The smallest absolute Gasteiger partial charge is 0.270 e. The van der Waals surface area contributed by atoms with Crippen LogP contribution in [0.2, 0.25) is 0 Å². The van der Waals surface area contributed by atoms with Crippen LogP contribution in [0.15, 0.2) is 41.3 Å². The van der Waals surface area contributed by atoms with Crippen LogP contribution >= 0.6 is 11.8 Å². The highest BCUT2D eigenvalue weighted by molar-refractivity contribution is 7.98. The molecule has 5 nitrogen and oxygen atoms in total. The highest BCUT2D eigenvalue weighted by Gasteiger charge is 2.12. The van der Waals surface area contributed by atoms with Gasteiger partial charge in [-0.1, -0.05) is 0 Å². The molecule has 0 aromatic heterocycles. The maximum absolute atomic E-state index is 10.7. The molecule has 0 saturated carbocycles. The van der Waals surface area contributed by atoms with Gasteiger partial charge in [0, 0.05) is 22.6 Å². The van der Waals surface area contributed by atoms with Gasteiger partial charge in [-0.05, 0) is 43.0 Å². The molecule has 0 spiro atoms. The van der Waals surface area contributed by atoms with Crippen LogP contribution in [-0.4, -0.2) is 16.3 Å². The summed E-state index contributed by atoms with van der Waals surface area (Å²) in [4.78, 5) is 11.4. The van der Waals surface area contributed by atoms with Crippen LogP contribution in [0.1, 0.15) is 11.1 Å². The Kier molecular flexibility index (Phi) is 4.82. The second-order valence-electron chi connectivity index (χ2n) is 4.44. The first-order valence-corrected chi connectivity index (χ1v) is 7.48. The Balaban J connectivity index is 2.30. The number of hydrogen-bond acceptors (Lipinski definition) is 5. The minimum absolute atomic E-state index is 0.0692. The second-order valence-corrected chi connectivity index (χ2v) is 5.29. The molecule has 1 N–H and O–H groups in total. The van der Waals surface area contributed by atoms with E-state index in [1.54, 1.807) is 11.8 Å². The Morgan fingerprint density at radius 1 is 1.29 bits per heavy atom. The Morgan fingerprint density at radius 3 is 2.62 bits per heavy atom. The van der Waals surface area contributed by atoms with Crippen molar-refractivity contribution in [3.63, 3.8) is 0 Å². The number of nitro benzene ring substituents is 1. The molecule has 0 aliphatic carbocycles. The summed E-state index contributed by atoms with van der Waals surface area (Å²) < 4.78 is 5.72. The predicted molar refractivity (Wildman–Crippen MR) is 82.1 cm³/mol. The van der Waals surface area contributed by atoms with E-state index in [1.165, 1.54) is 18.2 Å². The third-order valence-electron chi connectivity index (χ3n) is 3.02. The molecule has 0 heterocycles.